The standard InChI is InChI=1S/C32H25ClN2O2/c1-2-37-32(36)25-16-18-29(19-17-25)35-30(23-10-5-3-6-11-23)20-26(31(35)24-12-7-4-8-13-24)22-34-28-15-9-14-27(33)21-28/h3-22H,2H2,1H3. The number of nitrogens with zero attached hydrogens (tertiary/aromatic N) is 2. The highest BCUT2D eigenvalue weighted by Gasteiger charge is 2.19. The SMILES string of the molecule is CCOC(=O)c1ccc(-n2c(-c3ccccc3)cc(C=Nc3cccc(Cl)c3)c2-c2ccccc2)cc1. The van der Waals surface area contributed by atoms with E-state index in [0.717, 1.165) is 39.5 Å². The summed E-state index contributed by atoms with van der Waals surface area (Å²) in [7, 11) is 0. The monoisotopic (exact) mass is 504 g/mol. The third kappa shape index (κ3) is 5.40. The zero-order valence-corrected chi connectivity index (χ0v) is 21.1. The van der Waals surface area contributed by atoms with Gasteiger partial charge in [0.2, 0.25) is 0 Å². The van der Waals surface area contributed by atoms with Gasteiger partial charge in [-0.2, -0.15) is 0 Å². The average Bonchev–Trinajstić information content (AvgIpc) is 3.33. The molecule has 0 unspecified atom stereocenters. The largest absolute Gasteiger partial charge is 0.462 e. The van der Waals surface area contributed by atoms with Crippen LogP contribution in [0.3, 0.4) is 0 Å². The van der Waals surface area contributed by atoms with Gasteiger partial charge in [-0.05, 0) is 66.6 Å². The first-order chi connectivity index (χ1) is 18.1. The maximum Gasteiger partial charge on any atom is 0.338 e. The van der Waals surface area contributed by atoms with Gasteiger partial charge in [0.1, 0.15) is 0 Å². The van der Waals surface area contributed by atoms with Crippen molar-refractivity contribution in [1.82, 2.24) is 4.57 Å². The van der Waals surface area contributed by atoms with Crippen LogP contribution in [0.5, 0.6) is 0 Å². The summed E-state index contributed by atoms with van der Waals surface area (Å²) < 4.78 is 7.38. The Morgan fingerprint density at radius 1 is 0.838 bits per heavy atom. The fraction of sp³-hybridized carbons (Fsp3) is 0.0625. The molecular weight excluding hydrogens is 480 g/mol. The molecule has 0 fully saturated rings. The zero-order valence-electron chi connectivity index (χ0n) is 20.3. The molecule has 0 atom stereocenters. The first kappa shape index (κ1) is 24.3. The molecule has 4 nitrogen and oxygen atoms in total. The molecule has 1 heterocycles. The number of hydrogen-bond acceptors (Lipinski definition) is 3. The van der Waals surface area contributed by atoms with Crippen molar-refractivity contribution in [3.63, 3.8) is 0 Å². The Morgan fingerprint density at radius 2 is 1.51 bits per heavy atom. The van der Waals surface area contributed by atoms with E-state index in [0.29, 0.717) is 17.2 Å². The van der Waals surface area contributed by atoms with Gasteiger partial charge in [0, 0.05) is 22.5 Å². The lowest BCUT2D eigenvalue weighted by Crippen LogP contribution is -2.05. The van der Waals surface area contributed by atoms with Crippen molar-refractivity contribution < 1.29 is 9.53 Å². The van der Waals surface area contributed by atoms with E-state index in [4.69, 9.17) is 21.3 Å². The third-order valence-corrected chi connectivity index (χ3v) is 6.18. The number of carbonyl (C=O) groups excluding carboxylic acids is 1. The minimum absolute atomic E-state index is 0.331. The molecule has 0 aliphatic heterocycles. The number of aromatic nitrogens is 1. The van der Waals surface area contributed by atoms with Crippen LogP contribution in [0.1, 0.15) is 22.8 Å². The summed E-state index contributed by atoms with van der Waals surface area (Å²) >= 11 is 6.19. The quantitative estimate of drug-likeness (QED) is 0.165. The van der Waals surface area contributed by atoms with Crippen molar-refractivity contribution in [3.8, 4) is 28.2 Å². The maximum absolute atomic E-state index is 12.3. The van der Waals surface area contributed by atoms with Gasteiger partial charge in [-0.25, -0.2) is 4.79 Å². The number of rotatable bonds is 7. The molecule has 1 aromatic heterocycles. The molecule has 5 rings (SSSR count). The van der Waals surface area contributed by atoms with Gasteiger partial charge in [0.05, 0.1) is 29.2 Å². The number of benzene rings is 4. The van der Waals surface area contributed by atoms with Crippen LogP contribution in [0, 0.1) is 0 Å². The number of esters is 1. The highest BCUT2D eigenvalue weighted by Crippen LogP contribution is 2.36. The number of aliphatic imine (C=N–C) groups is 1. The Labute approximate surface area is 221 Å². The second-order valence-corrected chi connectivity index (χ2v) is 8.84. The summed E-state index contributed by atoms with van der Waals surface area (Å²) in [6.45, 7) is 2.14. The molecule has 0 saturated carbocycles. The molecule has 0 aliphatic carbocycles. The number of carbonyl (C=O) groups is 1. The normalized spacial score (nSPS) is 11.1. The van der Waals surface area contributed by atoms with Crippen molar-refractivity contribution in [1.29, 1.82) is 0 Å². The first-order valence-corrected chi connectivity index (χ1v) is 12.5. The molecule has 0 saturated heterocycles. The van der Waals surface area contributed by atoms with E-state index in [2.05, 4.69) is 34.9 Å². The van der Waals surface area contributed by atoms with Crippen LogP contribution in [0.4, 0.5) is 5.69 Å². The van der Waals surface area contributed by atoms with Crippen LogP contribution in [0.2, 0.25) is 5.02 Å². The summed E-state index contributed by atoms with van der Waals surface area (Å²) in [4.78, 5) is 17.0. The number of halogens is 1. The Kier molecular flexibility index (Phi) is 7.29. The lowest BCUT2D eigenvalue weighted by Gasteiger charge is -2.15. The van der Waals surface area contributed by atoms with E-state index in [1.54, 1.807) is 19.1 Å². The molecule has 0 amide bonds. The van der Waals surface area contributed by atoms with Crippen molar-refractivity contribution >= 4 is 29.5 Å². The first-order valence-electron chi connectivity index (χ1n) is 12.1. The van der Waals surface area contributed by atoms with Gasteiger partial charge in [0.15, 0.2) is 0 Å². The third-order valence-electron chi connectivity index (χ3n) is 5.94. The molecule has 4 aromatic carbocycles. The molecule has 182 valence electrons. The molecule has 0 aliphatic rings. The lowest BCUT2D eigenvalue weighted by molar-refractivity contribution is 0.0526. The molecule has 5 heteroatoms. The van der Waals surface area contributed by atoms with E-state index in [9.17, 15) is 4.79 Å². The predicted octanol–water partition coefficient (Wildman–Crippen LogP) is 8.39. The fourth-order valence-corrected chi connectivity index (χ4v) is 4.46. The lowest BCUT2D eigenvalue weighted by atomic mass is 10.1. The van der Waals surface area contributed by atoms with Crippen LogP contribution in [0.15, 0.2) is 120 Å². The van der Waals surface area contributed by atoms with E-state index >= 15 is 0 Å². The number of hydrogen-bond donors (Lipinski definition) is 0. The summed E-state index contributed by atoms with van der Waals surface area (Å²) in [5.74, 6) is -0.331. The van der Waals surface area contributed by atoms with Gasteiger partial charge in [-0.1, -0.05) is 78.3 Å². The highest BCUT2D eigenvalue weighted by atomic mass is 35.5. The zero-order chi connectivity index (χ0) is 25.6. The molecule has 0 spiro atoms. The molecular formula is C32H25ClN2O2. The van der Waals surface area contributed by atoms with E-state index in [1.807, 2.05) is 79.0 Å². The summed E-state index contributed by atoms with van der Waals surface area (Å²) in [5.41, 5.74) is 7.29. The molecule has 0 N–H and O–H groups in total. The van der Waals surface area contributed by atoms with Crippen LogP contribution in [0.25, 0.3) is 28.2 Å². The van der Waals surface area contributed by atoms with Crippen LogP contribution < -0.4 is 0 Å². The number of ether oxygens (including phenoxy) is 1. The fourth-order valence-electron chi connectivity index (χ4n) is 4.27. The van der Waals surface area contributed by atoms with Gasteiger partial charge in [-0.15, -0.1) is 0 Å². The van der Waals surface area contributed by atoms with Gasteiger partial charge >= 0.3 is 5.97 Å². The van der Waals surface area contributed by atoms with Gasteiger partial charge in [-0.3, -0.25) is 4.99 Å². The smallest absolute Gasteiger partial charge is 0.338 e. The molecule has 0 radical (unpaired) electrons. The second kappa shape index (κ2) is 11.1. The molecule has 5 aromatic rings. The molecule has 37 heavy (non-hydrogen) atoms. The summed E-state index contributed by atoms with van der Waals surface area (Å²) in [5, 5.41) is 0.641. The van der Waals surface area contributed by atoms with E-state index in [1.165, 1.54) is 0 Å². The Hall–Kier alpha value is -4.41. The average molecular weight is 505 g/mol. The van der Waals surface area contributed by atoms with Crippen LogP contribution in [-0.4, -0.2) is 23.4 Å². The van der Waals surface area contributed by atoms with Crippen LogP contribution in [-0.2, 0) is 4.74 Å². The minimum atomic E-state index is -0.331. The van der Waals surface area contributed by atoms with Crippen molar-refractivity contribution in [2.75, 3.05) is 6.61 Å². The molecule has 0 bridgehead atoms. The minimum Gasteiger partial charge on any atom is -0.462 e. The Bertz CT molecular complexity index is 1540. The van der Waals surface area contributed by atoms with E-state index in [-0.39, 0.29) is 5.97 Å². The van der Waals surface area contributed by atoms with Gasteiger partial charge in [0.25, 0.3) is 0 Å². The van der Waals surface area contributed by atoms with Crippen molar-refractivity contribution in [2.45, 2.75) is 6.92 Å². The Balaban J connectivity index is 1.72. The summed E-state index contributed by atoms with van der Waals surface area (Å²) in [6.07, 6.45) is 1.88. The Morgan fingerprint density at radius 3 is 2.16 bits per heavy atom. The van der Waals surface area contributed by atoms with Crippen LogP contribution >= 0.6 is 11.6 Å². The highest BCUT2D eigenvalue weighted by molar-refractivity contribution is 6.30. The maximum atomic E-state index is 12.3. The summed E-state index contributed by atoms with van der Waals surface area (Å²) in [6, 6.07) is 37.6. The second-order valence-electron chi connectivity index (χ2n) is 8.41. The topological polar surface area (TPSA) is 43.6 Å². The predicted molar refractivity (Wildman–Crippen MR) is 151 cm³/mol. The van der Waals surface area contributed by atoms with Crippen molar-refractivity contribution in [2.24, 2.45) is 4.99 Å². The van der Waals surface area contributed by atoms with Crippen molar-refractivity contribution in [3.05, 3.63) is 131 Å². The van der Waals surface area contributed by atoms with Gasteiger partial charge < -0.3 is 9.30 Å². The van der Waals surface area contributed by atoms with E-state index < -0.39 is 0 Å².